The van der Waals surface area contributed by atoms with Crippen LogP contribution < -0.4 is 5.32 Å². The van der Waals surface area contributed by atoms with E-state index in [1.807, 2.05) is 0 Å². The number of rotatable bonds is 4. The molecule has 0 aromatic rings. The maximum absolute atomic E-state index is 10.4. The Bertz CT molecular complexity index is 459. The number of nitrogens with one attached hydrogen (secondary N) is 1. The van der Waals surface area contributed by atoms with Crippen LogP contribution in [-0.4, -0.2) is 85.5 Å². The Labute approximate surface area is 175 Å². The van der Waals surface area contributed by atoms with Gasteiger partial charge in [-0.05, 0) is 26.2 Å². The van der Waals surface area contributed by atoms with Gasteiger partial charge in [0.05, 0.1) is 25.9 Å². The van der Waals surface area contributed by atoms with Crippen molar-refractivity contribution in [3.63, 3.8) is 0 Å². The summed E-state index contributed by atoms with van der Waals surface area (Å²) >= 11 is 0. The van der Waals surface area contributed by atoms with E-state index in [0.717, 1.165) is 77.7 Å². The number of aliphatic imine (C=N–C) groups is 1. The first-order valence-corrected chi connectivity index (χ1v) is 10.2. The van der Waals surface area contributed by atoms with Gasteiger partial charge in [0, 0.05) is 44.2 Å². The molecule has 1 aliphatic carbocycles. The minimum absolute atomic E-state index is 0. The Morgan fingerprint density at radius 1 is 1.23 bits per heavy atom. The van der Waals surface area contributed by atoms with Crippen LogP contribution in [0.2, 0.25) is 0 Å². The summed E-state index contributed by atoms with van der Waals surface area (Å²) in [4.78, 5) is 9.92. The molecule has 0 radical (unpaired) electrons. The molecule has 3 atom stereocenters. The van der Waals surface area contributed by atoms with Crippen molar-refractivity contribution in [1.82, 2.24) is 15.1 Å². The van der Waals surface area contributed by atoms with Gasteiger partial charge in [0.1, 0.15) is 0 Å². The van der Waals surface area contributed by atoms with E-state index < -0.39 is 0 Å². The normalized spacial score (nSPS) is 33.8. The molecule has 3 unspecified atom stereocenters. The van der Waals surface area contributed by atoms with Crippen molar-refractivity contribution < 1.29 is 9.84 Å². The number of morpholine rings is 1. The van der Waals surface area contributed by atoms with Crippen LogP contribution in [0.1, 0.15) is 46.0 Å². The van der Waals surface area contributed by atoms with Crippen molar-refractivity contribution in [2.45, 2.75) is 58.1 Å². The Hall–Kier alpha value is -0.120. The molecule has 2 N–H and O–H groups in total. The van der Waals surface area contributed by atoms with Crippen LogP contribution in [-0.2, 0) is 4.74 Å². The van der Waals surface area contributed by atoms with Crippen LogP contribution in [0.15, 0.2) is 4.99 Å². The Morgan fingerprint density at radius 2 is 2.00 bits per heavy atom. The lowest BCUT2D eigenvalue weighted by Crippen LogP contribution is -2.47. The summed E-state index contributed by atoms with van der Waals surface area (Å²) in [6, 6.07) is 0.614. The molecule has 6 nitrogen and oxygen atoms in total. The van der Waals surface area contributed by atoms with Gasteiger partial charge in [-0.3, -0.25) is 9.89 Å². The fourth-order valence-electron chi connectivity index (χ4n) is 4.42. The third-order valence-electron chi connectivity index (χ3n) is 6.23. The molecule has 3 rings (SSSR count). The second-order valence-corrected chi connectivity index (χ2v) is 8.12. The van der Waals surface area contributed by atoms with Gasteiger partial charge >= 0.3 is 0 Å². The van der Waals surface area contributed by atoms with E-state index in [2.05, 4.69) is 29.0 Å². The van der Waals surface area contributed by atoms with Crippen molar-refractivity contribution in [1.29, 1.82) is 0 Å². The zero-order chi connectivity index (χ0) is 17.7. The number of halogens is 1. The molecular weight excluding hydrogens is 443 g/mol. The zero-order valence-corrected chi connectivity index (χ0v) is 18.8. The van der Waals surface area contributed by atoms with Crippen LogP contribution in [0.3, 0.4) is 0 Å². The Kier molecular flexibility index (Phi) is 8.90. The molecule has 7 heteroatoms. The molecule has 26 heavy (non-hydrogen) atoms. The highest BCUT2D eigenvalue weighted by atomic mass is 127. The van der Waals surface area contributed by atoms with Crippen molar-refractivity contribution in [3.05, 3.63) is 0 Å². The van der Waals surface area contributed by atoms with E-state index >= 15 is 0 Å². The van der Waals surface area contributed by atoms with Crippen molar-refractivity contribution in [3.8, 4) is 0 Å². The highest BCUT2D eigenvalue weighted by Crippen LogP contribution is 2.36. The van der Waals surface area contributed by atoms with Gasteiger partial charge < -0.3 is 20.1 Å². The van der Waals surface area contributed by atoms with Gasteiger partial charge in [0.15, 0.2) is 5.96 Å². The van der Waals surface area contributed by atoms with Crippen molar-refractivity contribution in [2.24, 2.45) is 10.4 Å². The average Bonchev–Trinajstić information content (AvgIpc) is 3.12. The number of hydrogen-bond acceptors (Lipinski definition) is 4. The number of hydrogen-bond donors (Lipinski definition) is 2. The maximum Gasteiger partial charge on any atom is 0.193 e. The molecule has 0 bridgehead atoms. The summed E-state index contributed by atoms with van der Waals surface area (Å²) in [6.07, 6.45) is 5.34. The number of guanidine groups is 1. The van der Waals surface area contributed by atoms with Crippen LogP contribution in [0.5, 0.6) is 0 Å². The van der Waals surface area contributed by atoms with Gasteiger partial charge in [0.2, 0.25) is 0 Å². The number of aliphatic hydroxyl groups is 1. The van der Waals surface area contributed by atoms with E-state index in [9.17, 15) is 5.11 Å². The zero-order valence-electron chi connectivity index (χ0n) is 16.5. The predicted octanol–water partition coefficient (Wildman–Crippen LogP) is 1.92. The van der Waals surface area contributed by atoms with Gasteiger partial charge in [0.25, 0.3) is 0 Å². The first kappa shape index (κ1) is 22.2. The van der Waals surface area contributed by atoms with Crippen molar-refractivity contribution >= 4 is 29.9 Å². The predicted molar refractivity (Wildman–Crippen MR) is 116 cm³/mol. The standard InChI is InChI=1S/C19H36N4O2.HI/c1-3-20-18(21-15-19(2)8-5-4-6-17(19)24)23-9-7-16(14-23)22-10-12-25-13-11-22;/h16-17,24H,3-15H2,1-2H3,(H,20,21);1H. The molecule has 2 heterocycles. The number of likely N-dealkylation sites (tertiary alicyclic amines) is 1. The molecule has 1 saturated carbocycles. The largest absolute Gasteiger partial charge is 0.392 e. The van der Waals surface area contributed by atoms with E-state index in [1.165, 1.54) is 12.8 Å². The van der Waals surface area contributed by atoms with Gasteiger partial charge in [-0.1, -0.05) is 19.8 Å². The third kappa shape index (κ3) is 5.45. The van der Waals surface area contributed by atoms with Gasteiger partial charge in [-0.2, -0.15) is 0 Å². The van der Waals surface area contributed by atoms with E-state index in [0.29, 0.717) is 6.04 Å². The molecule has 0 amide bonds. The lowest BCUT2D eigenvalue weighted by Gasteiger charge is -2.37. The maximum atomic E-state index is 10.4. The summed E-state index contributed by atoms with van der Waals surface area (Å²) in [7, 11) is 0. The molecule has 0 aromatic carbocycles. The quantitative estimate of drug-likeness (QED) is 0.366. The van der Waals surface area contributed by atoms with Crippen LogP contribution in [0.4, 0.5) is 0 Å². The van der Waals surface area contributed by atoms with E-state index in [1.54, 1.807) is 0 Å². The molecular formula is C19H37IN4O2. The second kappa shape index (κ2) is 10.4. The van der Waals surface area contributed by atoms with Gasteiger partial charge in [-0.15, -0.1) is 24.0 Å². The summed E-state index contributed by atoms with van der Waals surface area (Å²) in [5, 5.41) is 13.9. The number of nitrogens with zero attached hydrogens (tertiary/aromatic N) is 3. The average molecular weight is 480 g/mol. The number of ether oxygens (including phenoxy) is 1. The molecule has 3 fully saturated rings. The summed E-state index contributed by atoms with van der Waals surface area (Å²) in [5.41, 5.74) is -0.0672. The van der Waals surface area contributed by atoms with E-state index in [4.69, 9.17) is 9.73 Å². The topological polar surface area (TPSA) is 60.3 Å². The third-order valence-corrected chi connectivity index (χ3v) is 6.23. The summed E-state index contributed by atoms with van der Waals surface area (Å²) in [6.45, 7) is 11.9. The lowest BCUT2D eigenvalue weighted by atomic mass is 9.73. The smallest absolute Gasteiger partial charge is 0.193 e. The Morgan fingerprint density at radius 3 is 2.69 bits per heavy atom. The van der Waals surface area contributed by atoms with Crippen molar-refractivity contribution in [2.75, 3.05) is 52.5 Å². The first-order chi connectivity index (χ1) is 12.1. The lowest BCUT2D eigenvalue weighted by molar-refractivity contribution is 0.00701. The monoisotopic (exact) mass is 480 g/mol. The Balaban J connectivity index is 0.00000243. The summed E-state index contributed by atoms with van der Waals surface area (Å²) < 4.78 is 5.48. The highest BCUT2D eigenvalue weighted by molar-refractivity contribution is 14.0. The van der Waals surface area contributed by atoms with Crippen LogP contribution in [0, 0.1) is 5.41 Å². The molecule has 2 aliphatic heterocycles. The van der Waals surface area contributed by atoms with Crippen LogP contribution in [0.25, 0.3) is 0 Å². The SMILES string of the molecule is CCNC(=NCC1(C)CCCCC1O)N1CCC(N2CCOCC2)C1.I. The fraction of sp³-hybridized carbons (Fsp3) is 0.947. The second-order valence-electron chi connectivity index (χ2n) is 8.12. The molecule has 0 aromatic heterocycles. The van der Waals surface area contributed by atoms with Crippen LogP contribution >= 0.6 is 24.0 Å². The van der Waals surface area contributed by atoms with E-state index in [-0.39, 0.29) is 35.5 Å². The minimum Gasteiger partial charge on any atom is -0.392 e. The molecule has 0 spiro atoms. The first-order valence-electron chi connectivity index (χ1n) is 10.2. The highest BCUT2D eigenvalue weighted by Gasteiger charge is 2.36. The minimum atomic E-state index is -0.215. The molecule has 3 aliphatic rings. The number of aliphatic hydroxyl groups excluding tert-OH is 1. The summed E-state index contributed by atoms with van der Waals surface area (Å²) in [5.74, 6) is 1.03. The molecule has 152 valence electrons. The van der Waals surface area contributed by atoms with Gasteiger partial charge in [-0.25, -0.2) is 0 Å². The molecule has 2 saturated heterocycles. The fourth-order valence-corrected chi connectivity index (χ4v) is 4.42.